The summed E-state index contributed by atoms with van der Waals surface area (Å²) in [4.78, 5) is 3.80. The van der Waals surface area contributed by atoms with E-state index in [0.29, 0.717) is 30.6 Å². The summed E-state index contributed by atoms with van der Waals surface area (Å²) in [5.74, 6) is 1.54. The maximum absolute atomic E-state index is 12.6. The lowest BCUT2D eigenvalue weighted by atomic mass is 9.98. The van der Waals surface area contributed by atoms with Crippen molar-refractivity contribution in [1.29, 1.82) is 0 Å². The molecule has 0 bridgehead atoms. The second kappa shape index (κ2) is 9.32. The van der Waals surface area contributed by atoms with Gasteiger partial charge in [-0.3, -0.25) is 0 Å². The molecular formula is C23H26F3N5. The van der Waals surface area contributed by atoms with Gasteiger partial charge in [-0.1, -0.05) is 38.1 Å². The molecule has 0 saturated heterocycles. The number of nitrogens with zero attached hydrogens (tertiary/aromatic N) is 3. The normalized spacial score (nSPS) is 11.6. The van der Waals surface area contributed by atoms with Gasteiger partial charge in [-0.15, -0.1) is 10.2 Å². The van der Waals surface area contributed by atoms with Crippen LogP contribution in [0.5, 0.6) is 0 Å². The molecule has 0 radical (unpaired) electrons. The number of pyridine rings is 1. The maximum atomic E-state index is 12.6. The summed E-state index contributed by atoms with van der Waals surface area (Å²) in [7, 11) is 0. The Bertz CT molecular complexity index is 1010. The van der Waals surface area contributed by atoms with Crippen LogP contribution in [0.1, 0.15) is 42.0 Å². The van der Waals surface area contributed by atoms with Crippen LogP contribution >= 0.6 is 0 Å². The molecule has 5 nitrogen and oxygen atoms in total. The van der Waals surface area contributed by atoms with Crippen LogP contribution in [0.25, 0.3) is 11.3 Å². The molecule has 3 aromatic rings. The summed E-state index contributed by atoms with van der Waals surface area (Å²) in [6, 6.07) is 10.7. The Balaban J connectivity index is 1.59. The average molecular weight is 429 g/mol. The molecule has 2 aromatic heterocycles. The molecule has 0 fully saturated rings. The van der Waals surface area contributed by atoms with Gasteiger partial charge in [0, 0.05) is 24.8 Å². The molecule has 0 atom stereocenters. The molecule has 0 aliphatic heterocycles. The number of halogens is 3. The summed E-state index contributed by atoms with van der Waals surface area (Å²) < 4.78 is 37.8. The standard InChI is InChI=1S/C23H26F3N5/c1-14(2)17-5-7-18(8-6-17)21-15(3)16(4)22(31-30-21)28-12-11-27-20-10-9-19(13-29-20)23(24,25)26/h5-10,13-14H,11-12H2,1-4H3,(H,27,29)(H,28,31). The molecule has 0 aliphatic carbocycles. The third-order valence-corrected chi connectivity index (χ3v) is 5.19. The summed E-state index contributed by atoms with van der Waals surface area (Å²) in [5.41, 5.74) is 4.44. The number of alkyl halides is 3. The average Bonchev–Trinajstić information content (AvgIpc) is 2.74. The summed E-state index contributed by atoms with van der Waals surface area (Å²) in [5, 5.41) is 14.9. The lowest BCUT2D eigenvalue weighted by molar-refractivity contribution is -0.137. The van der Waals surface area contributed by atoms with Crippen LogP contribution in [-0.4, -0.2) is 28.3 Å². The first-order valence-corrected chi connectivity index (χ1v) is 10.1. The van der Waals surface area contributed by atoms with Crippen molar-refractivity contribution < 1.29 is 13.2 Å². The van der Waals surface area contributed by atoms with Gasteiger partial charge >= 0.3 is 6.18 Å². The van der Waals surface area contributed by atoms with E-state index >= 15 is 0 Å². The van der Waals surface area contributed by atoms with Gasteiger partial charge in [-0.2, -0.15) is 13.2 Å². The highest BCUT2D eigenvalue weighted by molar-refractivity contribution is 5.66. The van der Waals surface area contributed by atoms with Crippen molar-refractivity contribution in [2.24, 2.45) is 0 Å². The number of hydrogen-bond acceptors (Lipinski definition) is 5. The van der Waals surface area contributed by atoms with Crippen LogP contribution < -0.4 is 10.6 Å². The maximum Gasteiger partial charge on any atom is 0.417 e. The van der Waals surface area contributed by atoms with Crippen molar-refractivity contribution in [2.75, 3.05) is 23.7 Å². The predicted molar refractivity (Wildman–Crippen MR) is 117 cm³/mol. The van der Waals surface area contributed by atoms with E-state index in [9.17, 15) is 13.2 Å². The lowest BCUT2D eigenvalue weighted by Crippen LogP contribution is -2.16. The molecule has 164 valence electrons. The van der Waals surface area contributed by atoms with E-state index in [0.717, 1.165) is 34.6 Å². The molecular weight excluding hydrogens is 403 g/mol. The van der Waals surface area contributed by atoms with Crippen LogP contribution in [0.2, 0.25) is 0 Å². The minimum absolute atomic E-state index is 0.383. The molecule has 3 rings (SSSR count). The van der Waals surface area contributed by atoms with E-state index in [1.807, 2.05) is 13.8 Å². The van der Waals surface area contributed by atoms with E-state index in [2.05, 4.69) is 63.9 Å². The highest BCUT2D eigenvalue weighted by Gasteiger charge is 2.30. The Labute approximate surface area is 180 Å². The van der Waals surface area contributed by atoms with Gasteiger partial charge in [0.05, 0.1) is 11.3 Å². The Morgan fingerprint density at radius 2 is 1.55 bits per heavy atom. The molecule has 0 amide bonds. The number of aromatic nitrogens is 3. The quantitative estimate of drug-likeness (QED) is 0.463. The smallest absolute Gasteiger partial charge is 0.368 e. The molecule has 2 N–H and O–H groups in total. The van der Waals surface area contributed by atoms with Crippen LogP contribution in [0.15, 0.2) is 42.6 Å². The van der Waals surface area contributed by atoms with Crippen LogP contribution in [-0.2, 0) is 6.18 Å². The fourth-order valence-electron chi connectivity index (χ4n) is 3.11. The predicted octanol–water partition coefficient (Wildman–Crippen LogP) is 5.82. The third-order valence-electron chi connectivity index (χ3n) is 5.19. The van der Waals surface area contributed by atoms with Crippen molar-refractivity contribution >= 4 is 11.6 Å². The van der Waals surface area contributed by atoms with E-state index < -0.39 is 11.7 Å². The summed E-state index contributed by atoms with van der Waals surface area (Å²) >= 11 is 0. The number of hydrogen-bond donors (Lipinski definition) is 2. The minimum Gasteiger partial charge on any atom is -0.368 e. The van der Waals surface area contributed by atoms with Crippen LogP contribution in [0, 0.1) is 13.8 Å². The Kier molecular flexibility index (Phi) is 6.77. The van der Waals surface area contributed by atoms with Crippen molar-refractivity contribution in [3.05, 3.63) is 64.8 Å². The summed E-state index contributed by atoms with van der Waals surface area (Å²) in [6.45, 7) is 9.31. The van der Waals surface area contributed by atoms with E-state index in [1.165, 1.54) is 11.6 Å². The number of nitrogens with one attached hydrogen (secondary N) is 2. The zero-order valence-electron chi connectivity index (χ0n) is 18.0. The number of benzene rings is 1. The summed E-state index contributed by atoms with van der Waals surface area (Å²) in [6.07, 6.45) is -3.56. The zero-order valence-corrected chi connectivity index (χ0v) is 18.0. The van der Waals surface area contributed by atoms with E-state index in [1.54, 1.807) is 0 Å². The van der Waals surface area contributed by atoms with Gasteiger partial charge in [0.25, 0.3) is 0 Å². The molecule has 1 aromatic carbocycles. The van der Waals surface area contributed by atoms with Gasteiger partial charge in [-0.25, -0.2) is 4.98 Å². The largest absolute Gasteiger partial charge is 0.417 e. The molecule has 0 aliphatic rings. The third kappa shape index (κ3) is 5.51. The van der Waals surface area contributed by atoms with Gasteiger partial charge in [-0.05, 0) is 48.6 Å². The highest BCUT2D eigenvalue weighted by Crippen LogP contribution is 2.29. The molecule has 0 saturated carbocycles. The SMILES string of the molecule is Cc1c(NCCNc2ccc(C(F)(F)F)cn2)nnc(-c2ccc(C(C)C)cc2)c1C. The molecule has 2 heterocycles. The first kappa shape index (κ1) is 22.5. The number of anilines is 2. The molecule has 0 spiro atoms. The fourth-order valence-corrected chi connectivity index (χ4v) is 3.11. The van der Waals surface area contributed by atoms with Crippen LogP contribution in [0.4, 0.5) is 24.8 Å². The first-order valence-electron chi connectivity index (χ1n) is 10.1. The fraction of sp³-hybridized carbons (Fsp3) is 0.348. The van der Waals surface area contributed by atoms with Crippen molar-refractivity contribution in [1.82, 2.24) is 15.2 Å². The molecule has 0 unspecified atom stereocenters. The van der Waals surface area contributed by atoms with E-state index in [4.69, 9.17) is 0 Å². The second-order valence-electron chi connectivity index (χ2n) is 7.71. The molecule has 8 heteroatoms. The Morgan fingerprint density at radius 3 is 2.13 bits per heavy atom. The highest BCUT2D eigenvalue weighted by atomic mass is 19.4. The monoisotopic (exact) mass is 429 g/mol. The lowest BCUT2D eigenvalue weighted by Gasteiger charge is -2.14. The van der Waals surface area contributed by atoms with Gasteiger partial charge in [0.2, 0.25) is 0 Å². The zero-order chi connectivity index (χ0) is 22.6. The van der Waals surface area contributed by atoms with Crippen molar-refractivity contribution in [3.8, 4) is 11.3 Å². The van der Waals surface area contributed by atoms with Gasteiger partial charge < -0.3 is 10.6 Å². The molecule has 31 heavy (non-hydrogen) atoms. The van der Waals surface area contributed by atoms with Crippen molar-refractivity contribution in [2.45, 2.75) is 39.8 Å². The van der Waals surface area contributed by atoms with Crippen molar-refractivity contribution in [3.63, 3.8) is 0 Å². The second-order valence-corrected chi connectivity index (χ2v) is 7.71. The van der Waals surface area contributed by atoms with Gasteiger partial charge in [0.15, 0.2) is 5.82 Å². The Morgan fingerprint density at radius 1 is 0.871 bits per heavy atom. The van der Waals surface area contributed by atoms with Gasteiger partial charge in [0.1, 0.15) is 5.82 Å². The van der Waals surface area contributed by atoms with E-state index in [-0.39, 0.29) is 0 Å². The topological polar surface area (TPSA) is 62.7 Å². The number of rotatable bonds is 7. The first-order chi connectivity index (χ1) is 14.7. The minimum atomic E-state index is -4.39. The Hall–Kier alpha value is -3.16. The van der Waals surface area contributed by atoms with Crippen LogP contribution in [0.3, 0.4) is 0 Å².